The van der Waals surface area contributed by atoms with Gasteiger partial charge in [-0.25, -0.2) is 21.9 Å². The fraction of sp³-hybridized carbons (Fsp3) is 0.381. The maximum absolute atomic E-state index is 13.6. The van der Waals surface area contributed by atoms with Crippen LogP contribution < -0.4 is 19.5 Å². The van der Waals surface area contributed by atoms with Gasteiger partial charge in [0, 0.05) is 17.2 Å². The highest BCUT2D eigenvalue weighted by Crippen LogP contribution is 2.26. The summed E-state index contributed by atoms with van der Waals surface area (Å²) >= 11 is 0. The zero-order valence-electron chi connectivity index (χ0n) is 18.0. The van der Waals surface area contributed by atoms with Crippen molar-refractivity contribution in [1.29, 1.82) is 0 Å². The Morgan fingerprint density at radius 1 is 1.10 bits per heavy atom. The number of carbonyl (C=O) groups is 1. The van der Waals surface area contributed by atoms with Crippen LogP contribution in [-0.2, 0) is 10.0 Å². The van der Waals surface area contributed by atoms with E-state index in [0.717, 1.165) is 12.1 Å². The number of hydrogen-bond acceptors (Lipinski definition) is 5. The van der Waals surface area contributed by atoms with E-state index in [1.165, 1.54) is 25.3 Å². The van der Waals surface area contributed by atoms with E-state index in [1.807, 2.05) is 0 Å². The van der Waals surface area contributed by atoms with Crippen LogP contribution in [0.2, 0.25) is 0 Å². The molecule has 0 spiro atoms. The van der Waals surface area contributed by atoms with Crippen molar-refractivity contribution in [1.82, 2.24) is 10.0 Å². The van der Waals surface area contributed by atoms with E-state index >= 15 is 0 Å². The van der Waals surface area contributed by atoms with Crippen molar-refractivity contribution in [2.24, 2.45) is 0 Å². The van der Waals surface area contributed by atoms with E-state index in [0.29, 0.717) is 6.07 Å². The van der Waals surface area contributed by atoms with Crippen molar-refractivity contribution in [2.45, 2.75) is 44.2 Å². The van der Waals surface area contributed by atoms with Crippen LogP contribution in [0.5, 0.6) is 11.5 Å². The standard InChI is InChI=1S/C21H26F2N2O5S/c1-13(12-30-17-9-7-15(22)11-16(17)23)24-20(26)14-6-8-18(29-5)19(10-14)31(27,28)25-21(2,3)4/h6-11,13,25H,12H2,1-5H3,(H,24,26). The minimum Gasteiger partial charge on any atom is -0.495 e. The molecular weight excluding hydrogens is 430 g/mol. The van der Waals surface area contributed by atoms with Gasteiger partial charge in [0.25, 0.3) is 5.91 Å². The zero-order chi connectivity index (χ0) is 23.4. The van der Waals surface area contributed by atoms with Crippen molar-refractivity contribution in [3.63, 3.8) is 0 Å². The second-order valence-corrected chi connectivity index (χ2v) is 9.63. The van der Waals surface area contributed by atoms with Crippen molar-refractivity contribution >= 4 is 15.9 Å². The molecule has 2 aromatic carbocycles. The Labute approximate surface area is 180 Å². The van der Waals surface area contributed by atoms with Gasteiger partial charge in [-0.2, -0.15) is 0 Å². The van der Waals surface area contributed by atoms with Crippen LogP contribution in [0.1, 0.15) is 38.1 Å². The van der Waals surface area contributed by atoms with Gasteiger partial charge in [0.2, 0.25) is 10.0 Å². The summed E-state index contributed by atoms with van der Waals surface area (Å²) in [5, 5.41) is 2.65. The van der Waals surface area contributed by atoms with E-state index < -0.39 is 39.1 Å². The normalized spacial score (nSPS) is 12.9. The molecule has 0 radical (unpaired) electrons. The molecule has 1 amide bonds. The molecule has 0 heterocycles. The van der Waals surface area contributed by atoms with Crippen LogP contribution in [-0.4, -0.2) is 39.6 Å². The van der Waals surface area contributed by atoms with Gasteiger partial charge in [-0.05, 0) is 58.0 Å². The van der Waals surface area contributed by atoms with Gasteiger partial charge in [0.05, 0.1) is 13.2 Å². The molecule has 2 N–H and O–H groups in total. The first-order chi connectivity index (χ1) is 14.3. The van der Waals surface area contributed by atoms with Crippen LogP contribution in [0.15, 0.2) is 41.3 Å². The number of amides is 1. The first kappa shape index (κ1) is 24.5. The van der Waals surface area contributed by atoms with Gasteiger partial charge in [-0.1, -0.05) is 0 Å². The van der Waals surface area contributed by atoms with Crippen LogP contribution in [0, 0.1) is 11.6 Å². The number of ether oxygens (including phenoxy) is 2. The van der Waals surface area contributed by atoms with E-state index in [9.17, 15) is 22.0 Å². The maximum Gasteiger partial charge on any atom is 0.251 e. The molecule has 10 heteroatoms. The third kappa shape index (κ3) is 6.90. The number of benzene rings is 2. The molecule has 1 unspecified atom stereocenters. The number of hydrogen-bond donors (Lipinski definition) is 2. The average Bonchev–Trinajstić information content (AvgIpc) is 2.64. The van der Waals surface area contributed by atoms with E-state index in [2.05, 4.69) is 10.0 Å². The molecule has 2 rings (SSSR count). The molecule has 0 aliphatic heterocycles. The van der Waals surface area contributed by atoms with Crippen molar-refractivity contribution in [3.05, 3.63) is 53.6 Å². The van der Waals surface area contributed by atoms with Gasteiger partial charge in [0.15, 0.2) is 11.6 Å². The molecule has 31 heavy (non-hydrogen) atoms. The smallest absolute Gasteiger partial charge is 0.251 e. The van der Waals surface area contributed by atoms with E-state index in [-0.39, 0.29) is 28.6 Å². The highest BCUT2D eigenvalue weighted by Gasteiger charge is 2.26. The molecule has 0 saturated carbocycles. The molecule has 0 saturated heterocycles. The molecule has 0 aliphatic rings. The number of rotatable bonds is 8. The third-order valence-electron chi connectivity index (χ3n) is 3.92. The second-order valence-electron chi connectivity index (χ2n) is 7.98. The summed E-state index contributed by atoms with van der Waals surface area (Å²) in [6.07, 6.45) is 0. The highest BCUT2D eigenvalue weighted by molar-refractivity contribution is 7.89. The Balaban J connectivity index is 2.14. The summed E-state index contributed by atoms with van der Waals surface area (Å²) in [7, 11) is -2.62. The molecule has 0 aliphatic carbocycles. The van der Waals surface area contributed by atoms with E-state index in [1.54, 1.807) is 27.7 Å². The van der Waals surface area contributed by atoms with Gasteiger partial charge in [-0.15, -0.1) is 0 Å². The molecule has 2 aromatic rings. The number of carbonyl (C=O) groups excluding carboxylic acids is 1. The molecule has 1 atom stereocenters. The molecule has 7 nitrogen and oxygen atoms in total. The van der Waals surface area contributed by atoms with Crippen LogP contribution >= 0.6 is 0 Å². The second kappa shape index (κ2) is 9.61. The van der Waals surface area contributed by atoms with Gasteiger partial charge in [0.1, 0.15) is 23.1 Å². The largest absolute Gasteiger partial charge is 0.495 e. The monoisotopic (exact) mass is 456 g/mol. The van der Waals surface area contributed by atoms with Gasteiger partial charge < -0.3 is 14.8 Å². The number of sulfonamides is 1. The molecule has 0 bridgehead atoms. The lowest BCUT2D eigenvalue weighted by atomic mass is 10.1. The Hall–Kier alpha value is -2.72. The average molecular weight is 457 g/mol. The number of nitrogens with one attached hydrogen (secondary N) is 2. The van der Waals surface area contributed by atoms with Gasteiger partial charge >= 0.3 is 0 Å². The van der Waals surface area contributed by atoms with Crippen LogP contribution in [0.4, 0.5) is 8.78 Å². The summed E-state index contributed by atoms with van der Waals surface area (Å²) in [5.41, 5.74) is -0.640. The summed E-state index contributed by atoms with van der Waals surface area (Å²) in [5.74, 6) is -2.18. The fourth-order valence-electron chi connectivity index (χ4n) is 2.64. The zero-order valence-corrected chi connectivity index (χ0v) is 18.8. The fourth-order valence-corrected chi connectivity index (χ4v) is 4.26. The third-order valence-corrected chi connectivity index (χ3v) is 5.70. The minimum absolute atomic E-state index is 0.0822. The lowest BCUT2D eigenvalue weighted by Crippen LogP contribution is -2.40. The Kier molecular flexibility index (Phi) is 7.61. The summed E-state index contributed by atoms with van der Waals surface area (Å²) in [4.78, 5) is 12.4. The topological polar surface area (TPSA) is 93.7 Å². The van der Waals surface area contributed by atoms with Crippen molar-refractivity contribution in [2.75, 3.05) is 13.7 Å². The molecule has 0 aromatic heterocycles. The quantitative estimate of drug-likeness (QED) is 0.636. The summed E-state index contributed by atoms with van der Waals surface area (Å²) in [6.45, 7) is 6.63. The number of halogens is 2. The lowest BCUT2D eigenvalue weighted by molar-refractivity contribution is 0.0926. The van der Waals surface area contributed by atoms with Crippen LogP contribution in [0.25, 0.3) is 0 Å². The minimum atomic E-state index is -3.95. The predicted octanol–water partition coefficient (Wildman–Crippen LogP) is 3.25. The van der Waals surface area contributed by atoms with E-state index in [4.69, 9.17) is 9.47 Å². The molecule has 170 valence electrons. The summed E-state index contributed by atoms with van der Waals surface area (Å²) in [6, 6.07) is 6.40. The number of methoxy groups -OCH3 is 1. The summed E-state index contributed by atoms with van der Waals surface area (Å²) < 4.78 is 65.0. The first-order valence-corrected chi connectivity index (χ1v) is 10.9. The van der Waals surface area contributed by atoms with Crippen LogP contribution in [0.3, 0.4) is 0 Å². The lowest BCUT2D eigenvalue weighted by Gasteiger charge is -2.21. The van der Waals surface area contributed by atoms with Crippen molar-refractivity contribution < 1.29 is 31.5 Å². The maximum atomic E-state index is 13.6. The van der Waals surface area contributed by atoms with Crippen molar-refractivity contribution in [3.8, 4) is 11.5 Å². The molecule has 0 fully saturated rings. The first-order valence-electron chi connectivity index (χ1n) is 9.43. The SMILES string of the molecule is COc1ccc(C(=O)NC(C)COc2ccc(F)cc2F)cc1S(=O)(=O)NC(C)(C)C. The highest BCUT2D eigenvalue weighted by atomic mass is 32.2. The predicted molar refractivity (Wildman–Crippen MR) is 112 cm³/mol. The molecular formula is C21H26F2N2O5S. The Morgan fingerprint density at radius 3 is 2.32 bits per heavy atom. The van der Waals surface area contributed by atoms with Gasteiger partial charge in [-0.3, -0.25) is 4.79 Å². The Morgan fingerprint density at radius 2 is 1.74 bits per heavy atom. The Bertz CT molecular complexity index is 1050.